The van der Waals surface area contributed by atoms with Crippen molar-refractivity contribution < 1.29 is 15.2 Å². The van der Waals surface area contributed by atoms with E-state index >= 15 is 0 Å². The average Bonchev–Trinajstić information content (AvgIpc) is 1.71. The van der Waals surface area contributed by atoms with E-state index < -0.39 is 0 Å². The molecule has 0 unspecified atom stereocenters. The molecule has 0 aliphatic rings. The Morgan fingerprint density at radius 3 is 1.88 bits per heavy atom. The van der Waals surface area contributed by atoms with Crippen LogP contribution in [0.3, 0.4) is 0 Å². The third-order valence-electron chi connectivity index (χ3n) is 0.498. The summed E-state index contributed by atoms with van der Waals surface area (Å²) in [6.45, 7) is 2.11. The molecule has 4 heteroatoms. The Labute approximate surface area is 50.3 Å². The van der Waals surface area contributed by atoms with E-state index in [-0.39, 0.29) is 14.3 Å². The minimum absolute atomic E-state index is 0. The Hall–Kier alpha value is -0.0551. The predicted molar refractivity (Wildman–Crippen MR) is 30.0 cm³/mol. The van der Waals surface area contributed by atoms with E-state index in [1.54, 1.807) is 0 Å². The van der Waals surface area contributed by atoms with Crippen LogP contribution in [0.4, 0.5) is 0 Å². The Bertz CT molecular complexity index is 25.2. The van der Waals surface area contributed by atoms with E-state index in [0.717, 1.165) is 12.8 Å². The summed E-state index contributed by atoms with van der Waals surface area (Å²) in [4.78, 5) is 0. The van der Waals surface area contributed by atoms with Crippen molar-refractivity contribution in [2.24, 2.45) is 0 Å². The van der Waals surface area contributed by atoms with Crippen molar-refractivity contribution in [2.75, 3.05) is 6.61 Å². The quantitative estimate of drug-likeness (QED) is 0.440. The van der Waals surface area contributed by atoms with Crippen LogP contribution in [-0.2, 0) is 0 Å². The van der Waals surface area contributed by atoms with Gasteiger partial charge in [-0.3, -0.25) is 0 Å². The van der Waals surface area contributed by atoms with Crippen molar-refractivity contribution in [3.05, 3.63) is 0 Å². The first-order chi connectivity index (χ1) is 3.83. The van der Waals surface area contributed by atoms with Gasteiger partial charge in [0.25, 0.3) is 0 Å². The zero-order valence-corrected chi connectivity index (χ0v) is 5.00. The zero-order valence-electron chi connectivity index (χ0n) is 5.00. The number of rotatable bonds is 2. The molecule has 0 heterocycles. The normalized spacial score (nSPS) is 6.50. The van der Waals surface area contributed by atoms with Crippen LogP contribution >= 0.6 is 0 Å². The monoisotopic (exact) mass is 118 g/mol. The van der Waals surface area contributed by atoms with Crippen LogP contribution in [0.5, 0.6) is 0 Å². The second-order valence-electron chi connectivity index (χ2n) is 1.17. The first kappa shape index (κ1) is 10.8. The fourth-order valence-electron chi connectivity index (χ4n) is 0.144. The Morgan fingerprint density at radius 1 is 1.50 bits per heavy atom. The summed E-state index contributed by atoms with van der Waals surface area (Å²) in [5.41, 5.74) is 0. The molecule has 48 valence electrons. The van der Waals surface area contributed by atoms with E-state index in [9.17, 15) is 5.11 Å². The third kappa shape index (κ3) is 38.4. The van der Waals surface area contributed by atoms with E-state index in [4.69, 9.17) is 10.0 Å². The van der Waals surface area contributed by atoms with Crippen LogP contribution in [0.2, 0.25) is 0 Å². The maximum atomic E-state index is 9.53. The molecule has 0 saturated carbocycles. The van der Waals surface area contributed by atoms with Crippen molar-refractivity contribution >= 4 is 7.69 Å². The average molecular weight is 118 g/mol. The SMILES string of the molecule is CCCC[O-].O[B+]O. The van der Waals surface area contributed by atoms with E-state index in [1.165, 1.54) is 0 Å². The Balaban J connectivity index is 0. The van der Waals surface area contributed by atoms with Crippen LogP contribution in [0.15, 0.2) is 0 Å². The van der Waals surface area contributed by atoms with Gasteiger partial charge < -0.3 is 5.11 Å². The first-order valence-electron chi connectivity index (χ1n) is 2.51. The van der Waals surface area contributed by atoms with Crippen LogP contribution in [-0.4, -0.2) is 24.3 Å². The third-order valence-corrected chi connectivity index (χ3v) is 0.498. The van der Waals surface area contributed by atoms with Gasteiger partial charge in [-0.25, -0.2) is 0 Å². The van der Waals surface area contributed by atoms with E-state index in [1.807, 2.05) is 6.92 Å². The number of hydrogen-bond donors (Lipinski definition) is 2. The molecule has 0 aromatic rings. The standard InChI is InChI=1S/C4H9O.BH2O2/c1-2-3-4-5;2-1-3/h2-4H2,1H3;2-3H/q-1;+1. The predicted octanol–water partition coefficient (Wildman–Crippen LogP) is -1.35. The van der Waals surface area contributed by atoms with Gasteiger partial charge in [0.1, 0.15) is 0 Å². The van der Waals surface area contributed by atoms with Gasteiger partial charge in [0.2, 0.25) is 0 Å². The molecule has 0 aliphatic carbocycles. The summed E-state index contributed by atoms with van der Waals surface area (Å²) < 4.78 is 0. The summed E-state index contributed by atoms with van der Waals surface area (Å²) in [5.74, 6) is 0. The van der Waals surface area contributed by atoms with Crippen molar-refractivity contribution in [3.63, 3.8) is 0 Å². The summed E-state index contributed by atoms with van der Waals surface area (Å²) in [5, 5.41) is 23.5. The molecule has 0 rings (SSSR count). The number of hydrogen-bond acceptors (Lipinski definition) is 3. The molecule has 8 heavy (non-hydrogen) atoms. The summed E-state index contributed by atoms with van der Waals surface area (Å²) in [6.07, 6.45) is 1.86. The molecule has 2 N–H and O–H groups in total. The van der Waals surface area contributed by atoms with Gasteiger partial charge in [0, 0.05) is 0 Å². The summed E-state index contributed by atoms with van der Waals surface area (Å²) in [7, 11) is 0. The molecular formula is C4H11BO3. The van der Waals surface area contributed by atoms with Crippen molar-refractivity contribution in [1.29, 1.82) is 0 Å². The molecule has 0 atom stereocenters. The molecule has 0 saturated heterocycles. The van der Waals surface area contributed by atoms with E-state index in [0.29, 0.717) is 0 Å². The first-order valence-corrected chi connectivity index (χ1v) is 2.51. The van der Waals surface area contributed by atoms with Gasteiger partial charge in [-0.1, -0.05) is 19.8 Å². The van der Waals surface area contributed by atoms with E-state index in [2.05, 4.69) is 0 Å². The van der Waals surface area contributed by atoms with Gasteiger partial charge >= 0.3 is 17.7 Å². The molecule has 0 bridgehead atoms. The van der Waals surface area contributed by atoms with Crippen molar-refractivity contribution in [2.45, 2.75) is 19.8 Å². The second-order valence-corrected chi connectivity index (χ2v) is 1.17. The van der Waals surface area contributed by atoms with Gasteiger partial charge in [-0.05, 0) is 0 Å². The molecular weight excluding hydrogens is 107 g/mol. The fraction of sp³-hybridized carbons (Fsp3) is 1.00. The topological polar surface area (TPSA) is 63.5 Å². The number of unbranched alkanes of at least 4 members (excludes halogenated alkanes) is 1. The van der Waals surface area contributed by atoms with Crippen LogP contribution in [0.1, 0.15) is 19.8 Å². The minimum atomic E-state index is 0. The van der Waals surface area contributed by atoms with Gasteiger partial charge in [0.15, 0.2) is 0 Å². The Morgan fingerprint density at radius 2 is 1.88 bits per heavy atom. The van der Waals surface area contributed by atoms with Gasteiger partial charge in [-0.15, -0.1) is 6.61 Å². The Kier molecular flexibility index (Phi) is 21.4. The fourth-order valence-corrected chi connectivity index (χ4v) is 0.144. The molecule has 0 aliphatic heterocycles. The molecule has 0 aromatic carbocycles. The molecule has 3 nitrogen and oxygen atoms in total. The second kappa shape index (κ2) is 15.8. The molecule has 0 aromatic heterocycles. The van der Waals surface area contributed by atoms with Crippen LogP contribution in [0.25, 0.3) is 0 Å². The van der Waals surface area contributed by atoms with Crippen molar-refractivity contribution in [3.8, 4) is 0 Å². The molecule has 0 amide bonds. The molecule has 0 fully saturated rings. The van der Waals surface area contributed by atoms with Crippen LogP contribution in [0, 0.1) is 0 Å². The van der Waals surface area contributed by atoms with Gasteiger partial charge in [0.05, 0.1) is 0 Å². The maximum absolute atomic E-state index is 9.53. The van der Waals surface area contributed by atoms with Crippen molar-refractivity contribution in [1.82, 2.24) is 0 Å². The summed E-state index contributed by atoms with van der Waals surface area (Å²) in [6, 6.07) is 0. The van der Waals surface area contributed by atoms with Gasteiger partial charge in [-0.2, -0.15) is 0 Å². The summed E-state index contributed by atoms with van der Waals surface area (Å²) >= 11 is 0. The molecule has 0 radical (unpaired) electrons. The zero-order chi connectivity index (χ0) is 6.83. The van der Waals surface area contributed by atoms with Crippen LogP contribution < -0.4 is 5.11 Å². The molecule has 0 spiro atoms.